The first kappa shape index (κ1) is 20.5. The molecule has 3 heterocycles. The molecule has 0 amide bonds. The molecule has 2 atom stereocenters. The summed E-state index contributed by atoms with van der Waals surface area (Å²) in [6.07, 6.45) is 4.98. The van der Waals surface area contributed by atoms with Gasteiger partial charge in [0, 0.05) is 29.5 Å². The Morgan fingerprint density at radius 2 is 1.66 bits per heavy atom. The molecule has 0 spiro atoms. The fourth-order valence-electron chi connectivity index (χ4n) is 4.40. The van der Waals surface area contributed by atoms with Crippen molar-refractivity contribution in [1.29, 1.82) is 0 Å². The van der Waals surface area contributed by atoms with Crippen LogP contribution >= 0.6 is 12.2 Å². The highest BCUT2D eigenvalue weighted by Crippen LogP contribution is 2.42. The Morgan fingerprint density at radius 1 is 0.906 bits per heavy atom. The summed E-state index contributed by atoms with van der Waals surface area (Å²) in [6, 6.07) is 27.5. The van der Waals surface area contributed by atoms with Crippen LogP contribution < -0.4 is 10.2 Å². The van der Waals surface area contributed by atoms with Gasteiger partial charge in [0.15, 0.2) is 5.11 Å². The smallest absolute Gasteiger partial charge is 0.174 e. The summed E-state index contributed by atoms with van der Waals surface area (Å²) in [5, 5.41) is 4.27. The molecule has 0 aliphatic carbocycles. The van der Waals surface area contributed by atoms with E-state index in [-0.39, 0.29) is 12.1 Å². The van der Waals surface area contributed by atoms with Gasteiger partial charge in [-0.3, -0.25) is 4.98 Å². The third kappa shape index (κ3) is 3.69. The summed E-state index contributed by atoms with van der Waals surface area (Å²) >= 11 is 5.87. The Hall–Kier alpha value is -3.44. The second-order valence-electron chi connectivity index (χ2n) is 8.16. The second kappa shape index (κ2) is 8.60. The van der Waals surface area contributed by atoms with Crippen molar-refractivity contribution >= 4 is 23.0 Å². The molecule has 160 valence electrons. The number of benzene rings is 2. The van der Waals surface area contributed by atoms with Gasteiger partial charge in [0.05, 0.1) is 11.7 Å². The zero-order chi connectivity index (χ0) is 22.1. The third-order valence-corrected chi connectivity index (χ3v) is 6.43. The molecule has 0 bridgehead atoms. The van der Waals surface area contributed by atoms with E-state index in [9.17, 15) is 0 Å². The van der Waals surface area contributed by atoms with Crippen LogP contribution in [0.4, 0.5) is 5.69 Å². The van der Waals surface area contributed by atoms with Crippen LogP contribution in [0.1, 0.15) is 41.5 Å². The number of pyridine rings is 1. The van der Waals surface area contributed by atoms with Crippen molar-refractivity contribution in [2.45, 2.75) is 32.4 Å². The molecule has 4 aromatic rings. The molecule has 1 fully saturated rings. The highest BCUT2D eigenvalue weighted by Gasteiger charge is 2.42. The normalized spacial score (nSPS) is 18.1. The summed E-state index contributed by atoms with van der Waals surface area (Å²) in [7, 11) is 0. The number of nitrogens with one attached hydrogen (secondary N) is 1. The number of anilines is 1. The van der Waals surface area contributed by atoms with E-state index in [1.165, 1.54) is 11.1 Å². The molecule has 0 radical (unpaired) electrons. The van der Waals surface area contributed by atoms with Gasteiger partial charge >= 0.3 is 0 Å². The van der Waals surface area contributed by atoms with Crippen LogP contribution in [0.15, 0.2) is 91.3 Å². The van der Waals surface area contributed by atoms with Crippen LogP contribution in [-0.2, 0) is 6.42 Å². The molecule has 1 N–H and O–H groups in total. The average Bonchev–Trinajstić information content (AvgIpc) is 3.44. The van der Waals surface area contributed by atoms with Gasteiger partial charge in [-0.2, -0.15) is 0 Å². The minimum Gasteiger partial charge on any atom is -0.351 e. The minimum atomic E-state index is -0.0614. The SMILES string of the molecule is CCc1ccc(N2C(=S)N[C@H](c3ccccn3)[C@@H]2c2cccn2-c2ccc(C)cc2)cc1. The van der Waals surface area contributed by atoms with Gasteiger partial charge in [-0.15, -0.1) is 0 Å². The Balaban J connectivity index is 1.64. The topological polar surface area (TPSA) is 33.1 Å². The maximum absolute atomic E-state index is 5.87. The van der Waals surface area contributed by atoms with E-state index in [0.29, 0.717) is 5.11 Å². The van der Waals surface area contributed by atoms with Crippen molar-refractivity contribution < 1.29 is 0 Å². The molecule has 2 aromatic carbocycles. The van der Waals surface area contributed by atoms with Crippen molar-refractivity contribution in [3.8, 4) is 5.69 Å². The van der Waals surface area contributed by atoms with Gasteiger partial charge in [-0.05, 0) is 79.7 Å². The van der Waals surface area contributed by atoms with Gasteiger partial charge in [-0.1, -0.05) is 42.8 Å². The predicted molar refractivity (Wildman–Crippen MR) is 134 cm³/mol. The van der Waals surface area contributed by atoms with Crippen LogP contribution in [-0.4, -0.2) is 14.7 Å². The summed E-state index contributed by atoms with van der Waals surface area (Å²) in [6.45, 7) is 4.28. The first-order valence-electron chi connectivity index (χ1n) is 11.0. The van der Waals surface area contributed by atoms with Crippen LogP contribution in [0.2, 0.25) is 0 Å². The second-order valence-corrected chi connectivity index (χ2v) is 8.54. The van der Waals surface area contributed by atoms with Crippen molar-refractivity contribution in [2.24, 2.45) is 0 Å². The Bertz CT molecular complexity index is 1210. The Labute approximate surface area is 194 Å². The Morgan fingerprint density at radius 3 is 2.34 bits per heavy atom. The summed E-state index contributed by atoms with van der Waals surface area (Å²) in [4.78, 5) is 6.90. The molecule has 32 heavy (non-hydrogen) atoms. The van der Waals surface area contributed by atoms with E-state index in [1.54, 1.807) is 0 Å². The summed E-state index contributed by atoms with van der Waals surface area (Å²) < 4.78 is 2.25. The summed E-state index contributed by atoms with van der Waals surface area (Å²) in [5.74, 6) is 0. The van der Waals surface area contributed by atoms with Crippen molar-refractivity contribution in [3.63, 3.8) is 0 Å². The Kier molecular flexibility index (Phi) is 5.50. The molecule has 2 aromatic heterocycles. The number of hydrogen-bond donors (Lipinski definition) is 1. The number of rotatable bonds is 5. The molecule has 4 nitrogen and oxygen atoms in total. The lowest BCUT2D eigenvalue weighted by Gasteiger charge is -2.29. The minimum absolute atomic E-state index is 0.0406. The molecule has 5 rings (SSSR count). The van der Waals surface area contributed by atoms with Gasteiger partial charge in [0.1, 0.15) is 6.04 Å². The molecule has 1 aliphatic heterocycles. The average molecular weight is 439 g/mol. The largest absolute Gasteiger partial charge is 0.351 e. The van der Waals surface area contributed by atoms with Crippen molar-refractivity contribution in [1.82, 2.24) is 14.9 Å². The van der Waals surface area contributed by atoms with E-state index in [4.69, 9.17) is 12.2 Å². The zero-order valence-corrected chi connectivity index (χ0v) is 19.1. The molecule has 1 saturated heterocycles. The quantitative estimate of drug-likeness (QED) is 0.392. The molecule has 5 heteroatoms. The lowest BCUT2D eigenvalue weighted by atomic mass is 10.0. The van der Waals surface area contributed by atoms with Crippen LogP contribution in [0.25, 0.3) is 5.69 Å². The predicted octanol–water partition coefficient (Wildman–Crippen LogP) is 5.92. The number of thiocarbonyl (C=S) groups is 1. The fraction of sp³-hybridized carbons (Fsp3) is 0.185. The number of aromatic nitrogens is 2. The van der Waals surface area contributed by atoms with E-state index in [0.717, 1.165) is 29.2 Å². The van der Waals surface area contributed by atoms with E-state index >= 15 is 0 Å². The first-order valence-corrected chi connectivity index (χ1v) is 11.4. The van der Waals surface area contributed by atoms with E-state index in [1.807, 2.05) is 18.3 Å². The molecule has 1 aliphatic rings. The summed E-state index contributed by atoms with van der Waals surface area (Å²) in [5.41, 5.74) is 6.91. The maximum Gasteiger partial charge on any atom is 0.174 e. The van der Waals surface area contributed by atoms with Gasteiger partial charge < -0.3 is 14.8 Å². The standard InChI is InChI=1S/C27H26N4S/c1-3-20-11-15-22(16-12-20)31-26(25(29-27(31)32)23-7-4-5-17-28-23)24-8-6-18-30(24)21-13-9-19(2)10-14-21/h4-18,25-26H,3H2,1-2H3,(H,29,32)/t25-,26+/m1/s1. The monoisotopic (exact) mass is 438 g/mol. The molecule has 0 unspecified atom stereocenters. The van der Waals surface area contributed by atoms with Crippen molar-refractivity contribution in [2.75, 3.05) is 4.90 Å². The van der Waals surface area contributed by atoms with E-state index < -0.39 is 0 Å². The van der Waals surface area contributed by atoms with Crippen LogP contribution in [0.3, 0.4) is 0 Å². The molecular formula is C27H26N4S. The third-order valence-electron chi connectivity index (χ3n) is 6.12. The number of hydrogen-bond acceptors (Lipinski definition) is 2. The number of aryl methyl sites for hydroxylation is 2. The highest BCUT2D eigenvalue weighted by molar-refractivity contribution is 7.80. The van der Waals surface area contributed by atoms with E-state index in [2.05, 4.69) is 107 Å². The maximum atomic E-state index is 5.87. The fourth-order valence-corrected chi connectivity index (χ4v) is 4.75. The van der Waals surface area contributed by atoms with Crippen molar-refractivity contribution in [3.05, 3.63) is 114 Å². The van der Waals surface area contributed by atoms with Gasteiger partial charge in [0.2, 0.25) is 0 Å². The zero-order valence-electron chi connectivity index (χ0n) is 18.3. The lowest BCUT2D eigenvalue weighted by Crippen LogP contribution is -2.30. The van der Waals surface area contributed by atoms with Crippen LogP contribution in [0, 0.1) is 6.92 Å². The first-order chi connectivity index (χ1) is 15.7. The number of nitrogens with zero attached hydrogens (tertiary/aromatic N) is 3. The molecular weight excluding hydrogens is 412 g/mol. The lowest BCUT2D eigenvalue weighted by molar-refractivity contribution is 0.549. The highest BCUT2D eigenvalue weighted by atomic mass is 32.1. The molecule has 0 saturated carbocycles. The van der Waals surface area contributed by atoms with Gasteiger partial charge in [0.25, 0.3) is 0 Å². The van der Waals surface area contributed by atoms with Gasteiger partial charge in [-0.25, -0.2) is 0 Å². The van der Waals surface area contributed by atoms with Crippen LogP contribution in [0.5, 0.6) is 0 Å².